The lowest BCUT2D eigenvalue weighted by Crippen LogP contribution is -2.16. The van der Waals surface area contributed by atoms with Crippen molar-refractivity contribution in [1.82, 2.24) is 19.7 Å². The normalized spacial score (nSPS) is 11.4. The van der Waals surface area contributed by atoms with E-state index in [2.05, 4.69) is 35.1 Å². The Bertz CT molecular complexity index is 1350. The minimum Gasteiger partial charge on any atom is -0.406 e. The van der Waals surface area contributed by atoms with Gasteiger partial charge in [-0.15, -0.1) is 13.2 Å². The van der Waals surface area contributed by atoms with Gasteiger partial charge in [-0.3, -0.25) is 4.68 Å². The van der Waals surface area contributed by atoms with Crippen molar-refractivity contribution in [3.05, 3.63) is 59.5 Å². The molecule has 2 aromatic heterocycles. The summed E-state index contributed by atoms with van der Waals surface area (Å²) in [7, 11) is 0. The summed E-state index contributed by atoms with van der Waals surface area (Å²) in [4.78, 5) is 11.1. The molecule has 19 heteroatoms. The third kappa shape index (κ3) is 18.9. The Labute approximate surface area is 281 Å². The highest BCUT2D eigenvalue weighted by molar-refractivity contribution is 5.64. The summed E-state index contributed by atoms with van der Waals surface area (Å²) in [6.07, 6.45) is 0.141. The van der Waals surface area contributed by atoms with Crippen molar-refractivity contribution in [1.29, 1.82) is 0 Å². The molecule has 0 amide bonds. The lowest BCUT2D eigenvalue weighted by molar-refractivity contribution is -0.274. The van der Waals surface area contributed by atoms with Crippen LogP contribution in [0.3, 0.4) is 0 Å². The summed E-state index contributed by atoms with van der Waals surface area (Å²) >= 11 is 0. The maximum atomic E-state index is 12.4. The molecule has 0 radical (unpaired) electrons. The zero-order valence-electron chi connectivity index (χ0n) is 27.0. The molecule has 0 bridgehead atoms. The van der Waals surface area contributed by atoms with Gasteiger partial charge in [-0.25, -0.2) is 9.97 Å². The van der Waals surface area contributed by atoms with E-state index in [0.29, 0.717) is 123 Å². The third-order valence-electron chi connectivity index (χ3n) is 6.05. The molecule has 0 atom stereocenters. The zero-order valence-corrected chi connectivity index (χ0v) is 27.0. The van der Waals surface area contributed by atoms with Gasteiger partial charge >= 0.3 is 6.36 Å². The highest BCUT2D eigenvalue weighted by Crippen LogP contribution is 2.26. The molecule has 2 heterocycles. The second kappa shape index (κ2) is 24.1. The smallest absolute Gasteiger partial charge is 0.406 e. The van der Waals surface area contributed by atoms with E-state index in [9.17, 15) is 13.2 Å². The predicted octanol–water partition coefficient (Wildman–Crippen LogP) is 4.41. The van der Waals surface area contributed by atoms with Gasteiger partial charge in [0, 0.05) is 35.0 Å². The molecule has 0 aliphatic carbocycles. The number of hydrogen-bond acceptors (Lipinski definition) is 13. The van der Waals surface area contributed by atoms with Gasteiger partial charge in [0.1, 0.15) is 17.9 Å². The minimum atomic E-state index is -4.75. The van der Waals surface area contributed by atoms with Crippen LogP contribution in [0.5, 0.6) is 5.75 Å². The van der Waals surface area contributed by atoms with Gasteiger partial charge < -0.3 is 43.2 Å². The second-order valence-electron chi connectivity index (χ2n) is 9.72. The summed E-state index contributed by atoms with van der Waals surface area (Å²) in [5.41, 5.74) is 10.1. The molecule has 1 aromatic carbocycles. The van der Waals surface area contributed by atoms with Gasteiger partial charge in [-0.2, -0.15) is 5.10 Å². The Morgan fingerprint density at radius 1 is 0.735 bits per heavy atom. The van der Waals surface area contributed by atoms with Crippen molar-refractivity contribution < 1.29 is 51.1 Å². The number of alkyl halides is 3. The van der Waals surface area contributed by atoms with Gasteiger partial charge in [-0.1, -0.05) is 5.11 Å². The van der Waals surface area contributed by atoms with E-state index in [1.54, 1.807) is 16.9 Å². The average Bonchev–Trinajstić information content (AvgIpc) is 3.56. The van der Waals surface area contributed by atoms with Crippen molar-refractivity contribution in [3.8, 4) is 17.0 Å². The highest BCUT2D eigenvalue weighted by atomic mass is 19.4. The topological polar surface area (TPSA) is 178 Å². The van der Waals surface area contributed by atoms with Crippen LogP contribution in [0.25, 0.3) is 21.7 Å². The summed E-state index contributed by atoms with van der Waals surface area (Å²) in [6, 6.07) is 7.04. The van der Waals surface area contributed by atoms with Crippen LogP contribution in [0.2, 0.25) is 0 Å². The fourth-order valence-corrected chi connectivity index (χ4v) is 3.82. The Morgan fingerprint density at radius 2 is 1.27 bits per heavy atom. The number of anilines is 2. The monoisotopic (exact) mass is 698 g/mol. The summed E-state index contributed by atoms with van der Waals surface area (Å²) in [5, 5.41) is 10.7. The number of ether oxygens (including phenoxy) is 8. The Hall–Kier alpha value is -4.07. The number of benzene rings is 1. The van der Waals surface area contributed by atoms with Crippen LogP contribution in [0.1, 0.15) is 0 Å². The number of hydrogen-bond donors (Lipinski definition) is 1. The molecule has 270 valence electrons. The Balaban J connectivity index is 1.12. The highest BCUT2D eigenvalue weighted by Gasteiger charge is 2.30. The van der Waals surface area contributed by atoms with Gasteiger partial charge in [0.15, 0.2) is 0 Å². The number of nitrogens with zero attached hydrogens (tertiary/aromatic N) is 7. The molecule has 1 N–H and O–H groups in total. The van der Waals surface area contributed by atoms with Crippen molar-refractivity contribution in [3.63, 3.8) is 0 Å². The average molecular weight is 699 g/mol. The first-order valence-corrected chi connectivity index (χ1v) is 15.5. The number of aromatic nitrogens is 4. The maximum Gasteiger partial charge on any atom is 0.573 e. The molecule has 0 saturated heterocycles. The molecule has 0 saturated carbocycles. The molecule has 49 heavy (non-hydrogen) atoms. The fourth-order valence-electron chi connectivity index (χ4n) is 3.82. The summed E-state index contributed by atoms with van der Waals surface area (Å²) < 4.78 is 80.8. The van der Waals surface area contributed by atoms with Crippen molar-refractivity contribution >= 4 is 11.5 Å². The van der Waals surface area contributed by atoms with Gasteiger partial charge in [0.2, 0.25) is 0 Å². The molecule has 0 fully saturated rings. The molecule has 0 aliphatic rings. The first-order chi connectivity index (χ1) is 23.9. The summed E-state index contributed by atoms with van der Waals surface area (Å²) in [5.74, 6) is 0.151. The Kier molecular flexibility index (Phi) is 19.4. The van der Waals surface area contributed by atoms with E-state index in [0.717, 1.165) is 5.56 Å². The largest absolute Gasteiger partial charge is 0.573 e. The van der Waals surface area contributed by atoms with Crippen LogP contribution in [-0.4, -0.2) is 125 Å². The van der Waals surface area contributed by atoms with E-state index in [1.165, 1.54) is 30.6 Å². The van der Waals surface area contributed by atoms with Gasteiger partial charge in [-0.05, 0) is 29.8 Å². The number of nitrogens with one attached hydrogen (secondary N) is 1. The quantitative estimate of drug-likeness (QED) is 0.0490. The zero-order chi connectivity index (χ0) is 34.8. The fraction of sp³-hybridized carbons (Fsp3) is 0.567. The van der Waals surface area contributed by atoms with Crippen LogP contribution in [0.4, 0.5) is 24.7 Å². The molecular formula is C30H41F3N8O8. The van der Waals surface area contributed by atoms with E-state index in [1.807, 2.05) is 6.20 Å². The van der Waals surface area contributed by atoms with Crippen LogP contribution in [-0.2, 0) is 39.7 Å². The van der Waals surface area contributed by atoms with Crippen LogP contribution in [0.15, 0.2) is 54.2 Å². The molecular weight excluding hydrogens is 657 g/mol. The maximum absolute atomic E-state index is 12.4. The van der Waals surface area contributed by atoms with E-state index in [-0.39, 0.29) is 5.75 Å². The van der Waals surface area contributed by atoms with Crippen LogP contribution in [0, 0.1) is 0 Å². The van der Waals surface area contributed by atoms with E-state index >= 15 is 0 Å². The molecule has 16 nitrogen and oxygen atoms in total. The molecule has 3 aromatic rings. The minimum absolute atomic E-state index is 0.312. The molecule has 0 unspecified atom stereocenters. The molecule has 3 rings (SSSR count). The lowest BCUT2D eigenvalue weighted by Gasteiger charge is -2.10. The van der Waals surface area contributed by atoms with Gasteiger partial charge in [0.05, 0.1) is 111 Å². The standard InChI is InChI=1S/C30H41F3N8O8/c31-30(32,33)49-27-3-1-26(2-4-27)39-29-21-28(35-24-36-29)25-22-38-41(23-25)6-8-43-10-12-45-14-16-47-18-20-48-19-17-46-15-13-44-11-9-42-7-5-37-40-34/h1-4,21-24H,5-20H2,(H,35,36,39). The third-order valence-corrected chi connectivity index (χ3v) is 6.05. The first kappa shape index (κ1) is 39.4. The van der Waals surface area contributed by atoms with Crippen molar-refractivity contribution in [2.75, 3.05) is 104 Å². The van der Waals surface area contributed by atoms with Gasteiger partial charge in [0.25, 0.3) is 0 Å². The van der Waals surface area contributed by atoms with E-state index in [4.69, 9.17) is 38.7 Å². The first-order valence-electron chi connectivity index (χ1n) is 15.5. The second-order valence-corrected chi connectivity index (χ2v) is 9.72. The summed E-state index contributed by atoms with van der Waals surface area (Å²) in [6.45, 7) is 7.09. The molecule has 0 aliphatic heterocycles. The number of halogens is 3. The van der Waals surface area contributed by atoms with Crippen molar-refractivity contribution in [2.45, 2.75) is 12.9 Å². The lowest BCUT2D eigenvalue weighted by atomic mass is 10.2. The Morgan fingerprint density at radius 3 is 1.80 bits per heavy atom. The number of azide groups is 1. The SMILES string of the molecule is [N-]=[N+]=NCCOCCOCCOCCOCCOCCOCCOCCn1cc(-c2cc(Nc3ccc(OC(F)(F)F)cc3)ncn2)cn1. The molecule has 0 spiro atoms. The predicted molar refractivity (Wildman–Crippen MR) is 169 cm³/mol. The number of rotatable bonds is 28. The van der Waals surface area contributed by atoms with E-state index < -0.39 is 6.36 Å². The van der Waals surface area contributed by atoms with Crippen LogP contribution < -0.4 is 10.1 Å². The van der Waals surface area contributed by atoms with Crippen LogP contribution >= 0.6 is 0 Å². The van der Waals surface area contributed by atoms with Crippen molar-refractivity contribution in [2.24, 2.45) is 5.11 Å².